The van der Waals surface area contributed by atoms with Gasteiger partial charge in [0.2, 0.25) is 0 Å². The molecule has 2 rings (SSSR count). The Labute approximate surface area is 113 Å². The average molecular weight is 253 g/mol. The van der Waals surface area contributed by atoms with Crippen molar-refractivity contribution in [2.75, 3.05) is 33.2 Å². The molecule has 0 bridgehead atoms. The second kappa shape index (κ2) is 6.88. The van der Waals surface area contributed by atoms with Crippen LogP contribution in [0.5, 0.6) is 0 Å². The van der Waals surface area contributed by atoms with E-state index in [2.05, 4.69) is 36.0 Å². The van der Waals surface area contributed by atoms with E-state index in [1.54, 1.807) is 0 Å². The van der Waals surface area contributed by atoms with Crippen molar-refractivity contribution >= 4 is 0 Å². The van der Waals surface area contributed by atoms with Gasteiger partial charge in [0, 0.05) is 18.1 Å². The summed E-state index contributed by atoms with van der Waals surface area (Å²) in [5, 5.41) is 3.76. The van der Waals surface area contributed by atoms with Gasteiger partial charge < -0.3 is 15.1 Å². The van der Waals surface area contributed by atoms with Crippen LogP contribution >= 0.6 is 0 Å². The van der Waals surface area contributed by atoms with Crippen LogP contribution in [-0.4, -0.2) is 61.2 Å². The Bertz CT molecular complexity index is 236. The monoisotopic (exact) mass is 253 g/mol. The fourth-order valence-electron chi connectivity index (χ4n) is 3.41. The molecule has 2 aliphatic heterocycles. The van der Waals surface area contributed by atoms with Crippen molar-refractivity contribution in [2.45, 2.75) is 64.1 Å². The van der Waals surface area contributed by atoms with E-state index < -0.39 is 0 Å². The molecule has 18 heavy (non-hydrogen) atoms. The van der Waals surface area contributed by atoms with E-state index in [9.17, 15) is 0 Å². The topological polar surface area (TPSA) is 18.5 Å². The lowest BCUT2D eigenvalue weighted by atomic mass is 9.99. The third-order valence-corrected chi connectivity index (χ3v) is 4.83. The van der Waals surface area contributed by atoms with E-state index in [4.69, 9.17) is 0 Å². The highest BCUT2D eigenvalue weighted by Gasteiger charge is 2.25. The van der Waals surface area contributed by atoms with Gasteiger partial charge in [0.1, 0.15) is 0 Å². The smallest absolute Gasteiger partial charge is 0.0120 e. The standard InChI is InChI=1S/C15H31N3/c1-4-14-6-12-18(11-5-13(2)16-14)15-7-9-17(3)10-8-15/h13-16H,4-12H2,1-3H3. The molecule has 2 fully saturated rings. The van der Waals surface area contributed by atoms with Crippen LogP contribution in [0.25, 0.3) is 0 Å². The largest absolute Gasteiger partial charge is 0.311 e. The van der Waals surface area contributed by atoms with Crippen molar-refractivity contribution in [1.82, 2.24) is 15.1 Å². The molecule has 0 aliphatic carbocycles. The third kappa shape index (κ3) is 3.94. The average Bonchev–Trinajstić information content (AvgIpc) is 2.36. The molecule has 0 saturated carbocycles. The summed E-state index contributed by atoms with van der Waals surface area (Å²) >= 11 is 0. The molecule has 2 saturated heterocycles. The molecule has 2 aliphatic rings. The molecule has 106 valence electrons. The van der Waals surface area contributed by atoms with Gasteiger partial charge in [0.15, 0.2) is 0 Å². The van der Waals surface area contributed by atoms with Gasteiger partial charge in [0.05, 0.1) is 0 Å². The van der Waals surface area contributed by atoms with E-state index in [-0.39, 0.29) is 0 Å². The fraction of sp³-hybridized carbons (Fsp3) is 1.00. The van der Waals surface area contributed by atoms with E-state index >= 15 is 0 Å². The molecule has 0 spiro atoms. The van der Waals surface area contributed by atoms with E-state index in [1.807, 2.05) is 0 Å². The summed E-state index contributed by atoms with van der Waals surface area (Å²) in [7, 11) is 2.25. The van der Waals surface area contributed by atoms with Crippen molar-refractivity contribution in [3.8, 4) is 0 Å². The number of likely N-dealkylation sites (tertiary alicyclic amines) is 1. The molecule has 3 heteroatoms. The maximum atomic E-state index is 3.76. The van der Waals surface area contributed by atoms with Crippen LogP contribution in [0.15, 0.2) is 0 Å². The minimum Gasteiger partial charge on any atom is -0.311 e. The maximum absolute atomic E-state index is 3.76. The number of piperidine rings is 1. The van der Waals surface area contributed by atoms with Crippen molar-refractivity contribution in [2.24, 2.45) is 0 Å². The lowest BCUT2D eigenvalue weighted by Crippen LogP contribution is -2.49. The van der Waals surface area contributed by atoms with Crippen molar-refractivity contribution in [3.63, 3.8) is 0 Å². The molecule has 0 aromatic heterocycles. The lowest BCUT2D eigenvalue weighted by molar-refractivity contribution is 0.103. The molecule has 0 aromatic rings. The Hall–Kier alpha value is -0.120. The van der Waals surface area contributed by atoms with Crippen LogP contribution < -0.4 is 5.32 Å². The number of rotatable bonds is 2. The third-order valence-electron chi connectivity index (χ3n) is 4.83. The van der Waals surface area contributed by atoms with Crippen molar-refractivity contribution in [1.29, 1.82) is 0 Å². The van der Waals surface area contributed by atoms with Crippen LogP contribution in [0.3, 0.4) is 0 Å². The Kier molecular flexibility index (Phi) is 5.46. The Morgan fingerprint density at radius 2 is 1.67 bits per heavy atom. The summed E-state index contributed by atoms with van der Waals surface area (Å²) in [6.45, 7) is 9.82. The normalized spacial score (nSPS) is 34.2. The molecule has 0 amide bonds. The zero-order chi connectivity index (χ0) is 13.0. The molecule has 2 unspecified atom stereocenters. The SMILES string of the molecule is CCC1CCN(C2CCN(C)CC2)CCC(C)N1. The van der Waals surface area contributed by atoms with Gasteiger partial charge >= 0.3 is 0 Å². The zero-order valence-corrected chi connectivity index (χ0v) is 12.5. The summed E-state index contributed by atoms with van der Waals surface area (Å²) in [5.41, 5.74) is 0. The summed E-state index contributed by atoms with van der Waals surface area (Å²) in [4.78, 5) is 5.26. The highest BCUT2D eigenvalue weighted by molar-refractivity contribution is 4.83. The summed E-state index contributed by atoms with van der Waals surface area (Å²) < 4.78 is 0. The predicted octanol–water partition coefficient (Wildman–Crippen LogP) is 1.93. The first-order valence-corrected chi connectivity index (χ1v) is 7.87. The first-order valence-electron chi connectivity index (χ1n) is 7.87. The number of hydrogen-bond donors (Lipinski definition) is 1. The van der Waals surface area contributed by atoms with Crippen molar-refractivity contribution in [3.05, 3.63) is 0 Å². The van der Waals surface area contributed by atoms with E-state index in [1.165, 1.54) is 58.3 Å². The highest BCUT2D eigenvalue weighted by Crippen LogP contribution is 2.19. The van der Waals surface area contributed by atoms with Crippen LogP contribution in [-0.2, 0) is 0 Å². The fourth-order valence-corrected chi connectivity index (χ4v) is 3.41. The van der Waals surface area contributed by atoms with Crippen LogP contribution in [0.2, 0.25) is 0 Å². The Balaban J connectivity index is 1.87. The second-order valence-electron chi connectivity index (χ2n) is 6.32. The predicted molar refractivity (Wildman–Crippen MR) is 78.0 cm³/mol. The molecular weight excluding hydrogens is 222 g/mol. The first kappa shape index (κ1) is 14.3. The van der Waals surface area contributed by atoms with Crippen molar-refractivity contribution < 1.29 is 0 Å². The number of nitrogens with one attached hydrogen (secondary N) is 1. The lowest BCUT2D eigenvalue weighted by Gasteiger charge is -2.40. The van der Waals surface area contributed by atoms with Gasteiger partial charge in [-0.15, -0.1) is 0 Å². The van der Waals surface area contributed by atoms with Crippen LogP contribution in [0.4, 0.5) is 0 Å². The Morgan fingerprint density at radius 3 is 2.33 bits per heavy atom. The second-order valence-corrected chi connectivity index (χ2v) is 6.32. The summed E-state index contributed by atoms with van der Waals surface area (Å²) in [6.07, 6.45) is 6.64. The molecule has 2 atom stereocenters. The van der Waals surface area contributed by atoms with E-state index in [0.717, 1.165) is 12.1 Å². The molecule has 2 heterocycles. The highest BCUT2D eigenvalue weighted by atomic mass is 15.2. The quantitative estimate of drug-likeness (QED) is 0.811. The molecule has 0 radical (unpaired) electrons. The van der Waals surface area contributed by atoms with Gasteiger partial charge in [-0.05, 0) is 72.3 Å². The van der Waals surface area contributed by atoms with E-state index in [0.29, 0.717) is 6.04 Å². The zero-order valence-electron chi connectivity index (χ0n) is 12.5. The van der Waals surface area contributed by atoms with Gasteiger partial charge in [-0.2, -0.15) is 0 Å². The Morgan fingerprint density at radius 1 is 1.00 bits per heavy atom. The molecule has 1 N–H and O–H groups in total. The molecular formula is C15H31N3. The summed E-state index contributed by atoms with van der Waals surface area (Å²) in [6, 6.07) is 2.27. The van der Waals surface area contributed by atoms with Gasteiger partial charge in [-0.1, -0.05) is 6.92 Å². The number of hydrogen-bond acceptors (Lipinski definition) is 3. The van der Waals surface area contributed by atoms with Crippen LogP contribution in [0, 0.1) is 0 Å². The minimum atomic E-state index is 0.684. The minimum absolute atomic E-state index is 0.684. The molecule has 3 nitrogen and oxygen atoms in total. The van der Waals surface area contributed by atoms with Gasteiger partial charge in [-0.3, -0.25) is 0 Å². The van der Waals surface area contributed by atoms with Crippen LogP contribution in [0.1, 0.15) is 46.0 Å². The summed E-state index contributed by atoms with van der Waals surface area (Å²) in [5.74, 6) is 0. The number of nitrogens with zero attached hydrogens (tertiary/aromatic N) is 2. The van der Waals surface area contributed by atoms with Gasteiger partial charge in [0.25, 0.3) is 0 Å². The first-order chi connectivity index (χ1) is 8.69. The maximum Gasteiger partial charge on any atom is 0.0120 e. The molecule has 0 aromatic carbocycles. The van der Waals surface area contributed by atoms with Gasteiger partial charge in [-0.25, -0.2) is 0 Å².